The van der Waals surface area contributed by atoms with Crippen LogP contribution in [0.3, 0.4) is 0 Å². The zero-order chi connectivity index (χ0) is 20.0. The Morgan fingerprint density at radius 3 is 2.00 bits per heavy atom. The highest BCUT2D eigenvalue weighted by Gasteiger charge is 2.07. The van der Waals surface area contributed by atoms with Gasteiger partial charge in [-0.15, -0.1) is 0 Å². The van der Waals surface area contributed by atoms with Crippen LogP contribution < -0.4 is 0 Å². The fourth-order valence-corrected chi connectivity index (χ4v) is 3.43. The van der Waals surface area contributed by atoms with Crippen LogP contribution >= 0.6 is 0 Å². The van der Waals surface area contributed by atoms with Crippen LogP contribution in [0.4, 0.5) is 4.39 Å². The first-order valence-corrected chi connectivity index (χ1v) is 10.9. The lowest BCUT2D eigenvalue weighted by atomic mass is 10.0. The van der Waals surface area contributed by atoms with Gasteiger partial charge >= 0.3 is 0 Å². The average molecular weight is 387 g/mol. The normalized spacial score (nSPS) is 12.2. The van der Waals surface area contributed by atoms with Gasteiger partial charge in [0.2, 0.25) is 0 Å². The molecule has 4 heteroatoms. The Morgan fingerprint density at radius 1 is 0.821 bits per heavy atom. The van der Waals surface area contributed by atoms with Crippen molar-refractivity contribution in [2.24, 2.45) is 0 Å². The number of nitrogens with zero attached hydrogens (tertiary/aromatic N) is 2. The van der Waals surface area contributed by atoms with E-state index in [0.717, 1.165) is 30.4 Å². The van der Waals surface area contributed by atoms with E-state index < -0.39 is 6.17 Å². The molecule has 1 atom stereocenters. The molecular weight excluding hydrogens is 351 g/mol. The van der Waals surface area contributed by atoms with Gasteiger partial charge in [0.25, 0.3) is 0 Å². The van der Waals surface area contributed by atoms with E-state index in [1.807, 2.05) is 24.3 Å². The minimum atomic E-state index is -0.704. The molecule has 0 aliphatic heterocycles. The Morgan fingerprint density at radius 2 is 1.39 bits per heavy atom. The SMILES string of the molecule is CCCCCCCCCCC[C@@H](F)CCc1ccc(-c2ncc(O)cn2)cc1. The summed E-state index contributed by atoms with van der Waals surface area (Å²) in [5, 5.41) is 9.25. The second-order valence-corrected chi connectivity index (χ2v) is 7.71. The molecule has 0 amide bonds. The van der Waals surface area contributed by atoms with E-state index in [1.165, 1.54) is 57.3 Å². The van der Waals surface area contributed by atoms with Gasteiger partial charge in [-0.2, -0.15) is 0 Å². The molecule has 1 N–H and O–H groups in total. The topological polar surface area (TPSA) is 46.0 Å². The molecule has 0 unspecified atom stereocenters. The second kappa shape index (κ2) is 13.2. The minimum absolute atomic E-state index is 0.0568. The van der Waals surface area contributed by atoms with Gasteiger partial charge in [0.15, 0.2) is 11.6 Å². The van der Waals surface area contributed by atoms with Gasteiger partial charge in [-0.25, -0.2) is 14.4 Å². The molecular formula is C24H35FN2O. The summed E-state index contributed by atoms with van der Waals surface area (Å²) < 4.78 is 14.1. The molecule has 0 aliphatic carbocycles. The second-order valence-electron chi connectivity index (χ2n) is 7.71. The maximum Gasteiger partial charge on any atom is 0.159 e. The van der Waals surface area contributed by atoms with Crippen LogP contribution in [0.2, 0.25) is 0 Å². The summed E-state index contributed by atoms with van der Waals surface area (Å²) in [6, 6.07) is 7.93. The van der Waals surface area contributed by atoms with Crippen LogP contribution in [0.25, 0.3) is 11.4 Å². The lowest BCUT2D eigenvalue weighted by molar-refractivity contribution is 0.287. The summed E-state index contributed by atoms with van der Waals surface area (Å²) in [5.41, 5.74) is 2.03. The number of rotatable bonds is 14. The number of aryl methyl sites for hydroxylation is 1. The third kappa shape index (κ3) is 8.81. The lowest BCUT2D eigenvalue weighted by Gasteiger charge is -2.09. The minimum Gasteiger partial charge on any atom is -0.505 e. The van der Waals surface area contributed by atoms with Crippen molar-refractivity contribution in [3.05, 3.63) is 42.2 Å². The Kier molecular flexibility index (Phi) is 10.6. The molecule has 1 heterocycles. The van der Waals surface area contributed by atoms with Gasteiger partial charge in [-0.3, -0.25) is 0 Å². The highest BCUT2D eigenvalue weighted by Crippen LogP contribution is 2.19. The van der Waals surface area contributed by atoms with Crippen molar-refractivity contribution in [3.8, 4) is 17.1 Å². The molecule has 154 valence electrons. The molecule has 1 aromatic heterocycles. The quantitative estimate of drug-likeness (QED) is 0.354. The highest BCUT2D eigenvalue weighted by molar-refractivity contribution is 5.55. The van der Waals surface area contributed by atoms with Crippen molar-refractivity contribution < 1.29 is 9.50 Å². The largest absolute Gasteiger partial charge is 0.505 e. The van der Waals surface area contributed by atoms with Crippen molar-refractivity contribution in [1.29, 1.82) is 0 Å². The first kappa shape index (κ1) is 22.3. The number of unbranched alkanes of at least 4 members (excludes halogenated alkanes) is 8. The molecule has 0 saturated carbocycles. The summed E-state index contributed by atoms with van der Waals surface area (Å²) in [4.78, 5) is 8.21. The molecule has 0 bridgehead atoms. The van der Waals surface area contributed by atoms with E-state index in [-0.39, 0.29) is 5.75 Å². The van der Waals surface area contributed by atoms with Crippen molar-refractivity contribution >= 4 is 0 Å². The van der Waals surface area contributed by atoms with Gasteiger partial charge < -0.3 is 5.11 Å². The fraction of sp³-hybridized carbons (Fsp3) is 0.583. The molecule has 0 aliphatic rings. The molecule has 0 radical (unpaired) electrons. The number of aromatic nitrogens is 2. The van der Waals surface area contributed by atoms with Crippen molar-refractivity contribution in [2.45, 2.75) is 90.1 Å². The van der Waals surface area contributed by atoms with E-state index in [9.17, 15) is 9.50 Å². The summed E-state index contributed by atoms with van der Waals surface area (Å²) >= 11 is 0. The smallest absolute Gasteiger partial charge is 0.159 e. The molecule has 2 aromatic rings. The Hall–Kier alpha value is -1.97. The molecule has 0 fully saturated rings. The molecule has 3 nitrogen and oxygen atoms in total. The zero-order valence-electron chi connectivity index (χ0n) is 17.2. The summed E-state index contributed by atoms with van der Waals surface area (Å²) in [5.74, 6) is 0.638. The molecule has 2 rings (SSSR count). The number of hydrogen-bond acceptors (Lipinski definition) is 3. The van der Waals surface area contributed by atoms with Gasteiger partial charge in [0, 0.05) is 5.56 Å². The van der Waals surface area contributed by atoms with Crippen molar-refractivity contribution in [3.63, 3.8) is 0 Å². The maximum atomic E-state index is 14.1. The molecule has 1 aromatic carbocycles. The summed E-state index contributed by atoms with van der Waals surface area (Å²) in [6.07, 6.45) is 15.5. The fourth-order valence-electron chi connectivity index (χ4n) is 3.43. The maximum absolute atomic E-state index is 14.1. The molecule has 0 spiro atoms. The third-order valence-corrected chi connectivity index (χ3v) is 5.22. The Bertz CT molecular complexity index is 643. The predicted molar refractivity (Wildman–Crippen MR) is 114 cm³/mol. The van der Waals surface area contributed by atoms with Crippen LogP contribution in [0.1, 0.15) is 83.1 Å². The van der Waals surface area contributed by atoms with E-state index in [1.54, 1.807) is 0 Å². The van der Waals surface area contributed by atoms with Gasteiger partial charge in [0.1, 0.15) is 6.17 Å². The average Bonchev–Trinajstić information content (AvgIpc) is 2.72. The number of benzene rings is 1. The van der Waals surface area contributed by atoms with Crippen LogP contribution in [0.15, 0.2) is 36.7 Å². The molecule has 0 saturated heterocycles. The van der Waals surface area contributed by atoms with E-state index in [4.69, 9.17) is 0 Å². The summed E-state index contributed by atoms with van der Waals surface area (Å²) in [7, 11) is 0. The number of halogens is 1. The van der Waals surface area contributed by atoms with Gasteiger partial charge in [-0.05, 0) is 24.8 Å². The van der Waals surface area contributed by atoms with Crippen molar-refractivity contribution in [1.82, 2.24) is 9.97 Å². The van der Waals surface area contributed by atoms with Crippen molar-refractivity contribution in [2.75, 3.05) is 0 Å². The third-order valence-electron chi connectivity index (χ3n) is 5.22. The van der Waals surface area contributed by atoms with Crippen LogP contribution in [0.5, 0.6) is 5.75 Å². The molecule has 28 heavy (non-hydrogen) atoms. The summed E-state index contributed by atoms with van der Waals surface area (Å²) in [6.45, 7) is 2.25. The van der Waals surface area contributed by atoms with Gasteiger partial charge in [0.05, 0.1) is 12.4 Å². The lowest BCUT2D eigenvalue weighted by Crippen LogP contribution is -2.02. The Balaban J connectivity index is 1.57. The zero-order valence-corrected chi connectivity index (χ0v) is 17.2. The van der Waals surface area contributed by atoms with E-state index in [2.05, 4.69) is 16.9 Å². The first-order chi connectivity index (χ1) is 13.7. The van der Waals surface area contributed by atoms with Crippen LogP contribution in [0, 0.1) is 0 Å². The van der Waals surface area contributed by atoms with E-state index >= 15 is 0 Å². The number of hydrogen-bond donors (Lipinski definition) is 1. The number of alkyl halides is 1. The highest BCUT2D eigenvalue weighted by atomic mass is 19.1. The van der Waals surface area contributed by atoms with Gasteiger partial charge in [-0.1, -0.05) is 89.0 Å². The predicted octanol–water partition coefficient (Wildman–Crippen LogP) is 7.04. The Labute approximate surface area is 169 Å². The first-order valence-electron chi connectivity index (χ1n) is 10.9. The van der Waals surface area contributed by atoms with E-state index in [0.29, 0.717) is 18.7 Å². The van der Waals surface area contributed by atoms with Crippen LogP contribution in [-0.2, 0) is 6.42 Å². The number of aromatic hydroxyl groups is 1. The van der Waals surface area contributed by atoms with Crippen LogP contribution in [-0.4, -0.2) is 21.2 Å². The standard InChI is InChI=1S/C24H35FN2O/c1-2-3-4-5-6-7-8-9-10-11-22(25)17-14-20-12-15-21(16-13-20)24-26-18-23(28)19-27-24/h12-13,15-16,18-19,22,28H,2-11,14,17H2,1H3/t22-/m1/s1. The monoisotopic (exact) mass is 386 g/mol.